The lowest BCUT2D eigenvalue weighted by molar-refractivity contribution is -0.115. The number of hydrogen-bond acceptors (Lipinski definition) is 6. The normalized spacial score (nSPS) is 15.1. The Balaban J connectivity index is 1.39. The number of amides is 1. The highest BCUT2D eigenvalue weighted by molar-refractivity contribution is 8.00. The molecule has 0 aliphatic heterocycles. The van der Waals surface area contributed by atoms with Crippen molar-refractivity contribution in [2.75, 3.05) is 16.0 Å². The first-order chi connectivity index (χ1) is 18.3. The van der Waals surface area contributed by atoms with E-state index in [9.17, 15) is 14.9 Å². The molecular weight excluding hydrogens is 533 g/mol. The first-order valence-electron chi connectivity index (χ1n) is 12.6. The number of rotatable bonds is 8. The number of hydrogen-bond donors (Lipinski definition) is 3. The van der Waals surface area contributed by atoms with Gasteiger partial charge in [-0.2, -0.15) is 5.26 Å². The van der Waals surface area contributed by atoms with Gasteiger partial charge >= 0.3 is 0 Å². The third kappa shape index (κ3) is 6.81. The van der Waals surface area contributed by atoms with E-state index in [4.69, 9.17) is 12.2 Å². The molecule has 3 N–H and O–H groups in total. The first kappa shape index (κ1) is 27.8. The Morgan fingerprint density at radius 3 is 2.58 bits per heavy atom. The smallest absolute Gasteiger partial charge is 0.238 e. The molecule has 0 saturated heterocycles. The van der Waals surface area contributed by atoms with Gasteiger partial charge in [0.2, 0.25) is 5.91 Å². The number of anilines is 3. The highest BCUT2D eigenvalue weighted by Gasteiger charge is 2.26. The molecule has 4 rings (SSSR count). The summed E-state index contributed by atoms with van der Waals surface area (Å²) < 4.78 is 0. The van der Waals surface area contributed by atoms with Gasteiger partial charge in [0.25, 0.3) is 0 Å². The Morgan fingerprint density at radius 1 is 1.16 bits per heavy atom. The lowest BCUT2D eigenvalue weighted by Crippen LogP contribution is -2.24. The number of nitrogens with zero attached hydrogens (tertiary/aromatic N) is 1. The molecule has 1 aliphatic carbocycles. The monoisotopic (exact) mass is 562 g/mol. The van der Waals surface area contributed by atoms with Crippen molar-refractivity contribution in [3.05, 3.63) is 70.1 Å². The minimum absolute atomic E-state index is 0.0141. The zero-order valence-corrected chi connectivity index (χ0v) is 24.0. The van der Waals surface area contributed by atoms with E-state index in [0.29, 0.717) is 33.6 Å². The lowest BCUT2D eigenvalue weighted by atomic mass is 9.88. The maximum Gasteiger partial charge on any atom is 0.238 e. The van der Waals surface area contributed by atoms with Gasteiger partial charge in [0.05, 0.1) is 10.8 Å². The van der Waals surface area contributed by atoms with Gasteiger partial charge in [-0.05, 0) is 98.8 Å². The summed E-state index contributed by atoms with van der Waals surface area (Å²) in [5.74, 6) is 0.525. The zero-order valence-electron chi connectivity index (χ0n) is 21.6. The van der Waals surface area contributed by atoms with E-state index < -0.39 is 0 Å². The van der Waals surface area contributed by atoms with Gasteiger partial charge in [-0.25, -0.2) is 0 Å². The van der Waals surface area contributed by atoms with Crippen LogP contribution < -0.4 is 16.0 Å². The number of nitriles is 1. The molecule has 9 heteroatoms. The van der Waals surface area contributed by atoms with Crippen LogP contribution in [-0.4, -0.2) is 22.1 Å². The van der Waals surface area contributed by atoms with E-state index >= 15 is 0 Å². The van der Waals surface area contributed by atoms with Crippen molar-refractivity contribution < 1.29 is 9.59 Å². The van der Waals surface area contributed by atoms with Gasteiger partial charge in [-0.1, -0.05) is 19.9 Å². The number of nitrogens with one attached hydrogen (secondary N) is 3. The Hall–Kier alpha value is -3.19. The van der Waals surface area contributed by atoms with Gasteiger partial charge in [0.15, 0.2) is 10.9 Å². The van der Waals surface area contributed by atoms with Gasteiger partial charge in [-0.15, -0.1) is 23.1 Å². The van der Waals surface area contributed by atoms with Crippen LogP contribution in [-0.2, 0) is 17.6 Å². The summed E-state index contributed by atoms with van der Waals surface area (Å²) in [4.78, 5) is 26.9. The van der Waals surface area contributed by atoms with Crippen LogP contribution in [0, 0.1) is 17.2 Å². The summed E-state index contributed by atoms with van der Waals surface area (Å²) in [7, 11) is 0. The summed E-state index contributed by atoms with van der Waals surface area (Å²) in [6.45, 7) is 5.75. The largest absolute Gasteiger partial charge is 0.332 e. The maximum atomic E-state index is 13.2. The van der Waals surface area contributed by atoms with Crippen LogP contribution in [0.2, 0.25) is 0 Å². The number of carbonyl (C=O) groups excluding carboxylic acids is 2. The summed E-state index contributed by atoms with van der Waals surface area (Å²) in [5.41, 5.74) is 3.97. The van der Waals surface area contributed by atoms with Gasteiger partial charge in [-0.3, -0.25) is 9.59 Å². The predicted octanol–water partition coefficient (Wildman–Crippen LogP) is 7.27. The van der Waals surface area contributed by atoms with Crippen LogP contribution in [0.3, 0.4) is 0 Å². The predicted molar refractivity (Wildman–Crippen MR) is 162 cm³/mol. The summed E-state index contributed by atoms with van der Waals surface area (Å²) in [6, 6.07) is 17.2. The van der Waals surface area contributed by atoms with Crippen LogP contribution in [0.1, 0.15) is 60.0 Å². The molecule has 0 saturated carbocycles. The van der Waals surface area contributed by atoms with Gasteiger partial charge in [0, 0.05) is 26.7 Å². The van der Waals surface area contributed by atoms with Gasteiger partial charge in [0.1, 0.15) is 11.1 Å². The van der Waals surface area contributed by atoms with Crippen molar-refractivity contribution in [1.82, 2.24) is 0 Å². The average Bonchev–Trinajstić information content (AvgIpc) is 3.23. The molecule has 196 valence electrons. The Labute approximate surface area is 237 Å². The van der Waals surface area contributed by atoms with Crippen molar-refractivity contribution in [1.29, 1.82) is 5.26 Å². The molecule has 1 heterocycles. The Kier molecular flexibility index (Phi) is 9.21. The van der Waals surface area contributed by atoms with Crippen LogP contribution in [0.25, 0.3) is 0 Å². The number of benzene rings is 2. The first-order valence-corrected chi connectivity index (χ1v) is 14.7. The second-order valence-electron chi connectivity index (χ2n) is 9.41. The van der Waals surface area contributed by atoms with Crippen molar-refractivity contribution in [2.24, 2.45) is 5.92 Å². The number of fused-ring (bicyclic) bond motifs is 1. The second-order valence-corrected chi connectivity index (χ2v) is 12.2. The Bertz CT molecular complexity index is 1390. The molecule has 0 spiro atoms. The van der Waals surface area contributed by atoms with Gasteiger partial charge < -0.3 is 16.0 Å². The lowest BCUT2D eigenvalue weighted by Gasteiger charge is -2.17. The van der Waals surface area contributed by atoms with Crippen molar-refractivity contribution >= 4 is 68.5 Å². The third-order valence-electron chi connectivity index (χ3n) is 6.44. The molecule has 38 heavy (non-hydrogen) atoms. The number of thioether (sulfide) groups is 1. The molecule has 1 aromatic heterocycles. The van der Waals surface area contributed by atoms with E-state index in [0.717, 1.165) is 41.1 Å². The van der Waals surface area contributed by atoms with E-state index in [-0.39, 0.29) is 16.9 Å². The maximum absolute atomic E-state index is 13.2. The standard InChI is InChI=1S/C29H30N4O2S3/c1-4-25(27(35)33-28-24(16-30)23-13-8-17(2)14-26(23)38-28)37-22-7-5-6-21(15-22)32-29(36)31-20-11-9-19(10-12-20)18(3)34/h5-7,9-12,15,17,25H,4,8,13-14H2,1-3H3,(H,33,35)(H2,31,32,36). The summed E-state index contributed by atoms with van der Waals surface area (Å²) in [6.07, 6.45) is 3.60. The fourth-order valence-corrected chi connectivity index (χ4v) is 6.98. The molecule has 2 aromatic carbocycles. The van der Waals surface area contributed by atoms with Crippen molar-refractivity contribution in [3.63, 3.8) is 0 Å². The van der Waals surface area contributed by atoms with E-state index in [1.165, 1.54) is 23.6 Å². The van der Waals surface area contributed by atoms with Crippen LogP contribution in [0.15, 0.2) is 53.4 Å². The third-order valence-corrected chi connectivity index (χ3v) is 9.17. The number of carbonyl (C=O) groups is 2. The van der Waals surface area contributed by atoms with Crippen LogP contribution in [0.5, 0.6) is 0 Å². The molecular formula is C29H30N4O2S3. The van der Waals surface area contributed by atoms with E-state index in [2.05, 4.69) is 28.9 Å². The summed E-state index contributed by atoms with van der Waals surface area (Å²) in [5, 5.41) is 19.9. The number of Topliss-reactive ketones (excluding diaryl/α,β-unsaturated/α-hetero) is 1. The molecule has 1 amide bonds. The SMILES string of the molecule is CCC(Sc1cccc(NC(=S)Nc2ccc(C(C)=O)cc2)c1)C(=O)Nc1sc2c(c1C#N)CCC(C)C2. The zero-order chi connectivity index (χ0) is 27.2. The fourth-order valence-electron chi connectivity index (χ4n) is 4.36. The molecule has 0 radical (unpaired) electrons. The average molecular weight is 563 g/mol. The quantitative estimate of drug-likeness (QED) is 0.151. The highest BCUT2D eigenvalue weighted by Crippen LogP contribution is 2.40. The fraction of sp³-hybridized carbons (Fsp3) is 0.310. The van der Waals surface area contributed by atoms with E-state index in [1.807, 2.05) is 43.3 Å². The molecule has 0 bridgehead atoms. The van der Waals surface area contributed by atoms with E-state index in [1.54, 1.807) is 23.5 Å². The number of thiocarbonyl (C=S) groups is 1. The summed E-state index contributed by atoms with van der Waals surface area (Å²) >= 11 is 8.49. The van der Waals surface area contributed by atoms with Crippen molar-refractivity contribution in [2.45, 2.75) is 56.6 Å². The molecule has 1 aliphatic rings. The van der Waals surface area contributed by atoms with Crippen molar-refractivity contribution in [3.8, 4) is 6.07 Å². The van der Waals surface area contributed by atoms with Crippen LogP contribution in [0.4, 0.5) is 16.4 Å². The molecule has 0 fully saturated rings. The number of thiophene rings is 1. The minimum atomic E-state index is -0.306. The molecule has 6 nitrogen and oxygen atoms in total. The topological polar surface area (TPSA) is 94.0 Å². The molecule has 2 unspecified atom stereocenters. The number of ketones is 1. The molecule has 2 atom stereocenters. The Morgan fingerprint density at radius 2 is 1.89 bits per heavy atom. The second kappa shape index (κ2) is 12.6. The molecule has 3 aromatic rings. The van der Waals surface area contributed by atoms with Crippen LogP contribution >= 0.6 is 35.3 Å². The minimum Gasteiger partial charge on any atom is -0.332 e. The highest BCUT2D eigenvalue weighted by atomic mass is 32.2.